The Hall–Kier alpha value is 0.544. The van der Waals surface area contributed by atoms with Crippen molar-refractivity contribution in [2.24, 2.45) is 0 Å². The third-order valence-corrected chi connectivity index (χ3v) is 1.43. The van der Waals surface area contributed by atoms with E-state index >= 15 is 0 Å². The maximum absolute atomic E-state index is 5.32. The van der Waals surface area contributed by atoms with Crippen molar-refractivity contribution >= 4 is 0 Å². The quantitative estimate of drug-likeness (QED) is 0.638. The largest absolute Gasteiger partial charge is 0.394 e. The Morgan fingerprint density at radius 1 is 1.50 bits per heavy atom. The molecule has 0 saturated heterocycles. The van der Waals surface area contributed by atoms with E-state index in [2.05, 4.69) is 11.4 Å². The van der Waals surface area contributed by atoms with Crippen LogP contribution in [-0.4, -0.2) is 13.1 Å². The molecular weight excluding hydrogens is 199 g/mol. The zero-order chi connectivity index (χ0) is 6.53. The first-order valence-electron chi connectivity index (χ1n) is 3.29. The van der Waals surface area contributed by atoms with Gasteiger partial charge in [-0.2, -0.15) is 0 Å². The van der Waals surface area contributed by atoms with E-state index in [1.165, 1.54) is 0 Å². The van der Waals surface area contributed by atoms with E-state index in [-0.39, 0.29) is 32.7 Å². The van der Waals surface area contributed by atoms with Gasteiger partial charge >= 0.3 is 0 Å². The van der Waals surface area contributed by atoms with E-state index in [9.17, 15) is 0 Å². The van der Waals surface area contributed by atoms with E-state index in [4.69, 9.17) is 6.58 Å². The van der Waals surface area contributed by atoms with Crippen LogP contribution in [0.2, 0.25) is 0 Å². The summed E-state index contributed by atoms with van der Waals surface area (Å²) >= 11 is 0. The Labute approximate surface area is 87.8 Å². The van der Waals surface area contributed by atoms with Crippen molar-refractivity contribution in [1.82, 2.24) is 5.32 Å². The fourth-order valence-corrected chi connectivity index (χ4v) is 0.890. The molecule has 0 aromatic heterocycles. The standard InChI is InChI=1S/C8H11N.Y/c1-2-8-4-3-6-9-7-5-8;/h1-2,9H,3,5-7H2;/q-2;. The normalized spacial score (nSPS) is 18.2. The third kappa shape index (κ3) is 3.65. The average Bonchev–Trinajstić information content (AvgIpc) is 2.13. The fourth-order valence-electron chi connectivity index (χ4n) is 0.890. The topological polar surface area (TPSA) is 12.0 Å². The van der Waals surface area contributed by atoms with Crippen LogP contribution in [0, 0.1) is 12.7 Å². The van der Waals surface area contributed by atoms with Crippen molar-refractivity contribution in [3.8, 4) is 0 Å². The zero-order valence-electron chi connectivity index (χ0n) is 6.06. The summed E-state index contributed by atoms with van der Waals surface area (Å²) in [6, 6.07) is 0. The molecule has 1 rings (SSSR count). The Morgan fingerprint density at radius 2 is 2.30 bits per heavy atom. The molecule has 53 valence electrons. The molecule has 0 aliphatic carbocycles. The molecule has 0 unspecified atom stereocenters. The maximum Gasteiger partial charge on any atom is 0 e. The SMILES string of the molecule is [CH-]=CC1=[C-]CCNCC1.[Y]. The smallest absolute Gasteiger partial charge is 0 e. The first-order chi connectivity index (χ1) is 4.43. The van der Waals surface area contributed by atoms with Crippen LogP contribution in [-0.2, 0) is 32.7 Å². The summed E-state index contributed by atoms with van der Waals surface area (Å²) in [4.78, 5) is 0. The van der Waals surface area contributed by atoms with Gasteiger partial charge in [0.1, 0.15) is 0 Å². The number of allylic oxidation sites excluding steroid dienone is 1. The van der Waals surface area contributed by atoms with Crippen LogP contribution in [0.3, 0.4) is 0 Å². The van der Waals surface area contributed by atoms with Gasteiger partial charge in [-0.15, -0.1) is 12.8 Å². The van der Waals surface area contributed by atoms with Gasteiger partial charge in [0, 0.05) is 32.7 Å². The minimum absolute atomic E-state index is 0. The molecule has 0 fully saturated rings. The predicted octanol–water partition coefficient (Wildman–Crippen LogP) is 1.09. The molecule has 1 aliphatic heterocycles. The Kier molecular flexibility index (Phi) is 6.61. The minimum atomic E-state index is 0. The first-order valence-corrected chi connectivity index (χ1v) is 3.29. The Balaban J connectivity index is 0.000000810. The van der Waals surface area contributed by atoms with Gasteiger partial charge in [0.2, 0.25) is 0 Å². The molecule has 0 spiro atoms. The minimum Gasteiger partial charge on any atom is -0.394 e. The van der Waals surface area contributed by atoms with Crippen molar-refractivity contribution < 1.29 is 32.7 Å². The Morgan fingerprint density at radius 3 is 3.00 bits per heavy atom. The van der Waals surface area contributed by atoms with E-state index in [0.717, 1.165) is 31.5 Å². The van der Waals surface area contributed by atoms with Crippen LogP contribution in [0.25, 0.3) is 0 Å². The molecule has 0 atom stereocenters. The number of rotatable bonds is 1. The Bertz CT molecular complexity index is 129. The summed E-state index contributed by atoms with van der Waals surface area (Å²) in [5, 5.41) is 3.25. The maximum atomic E-state index is 5.32. The number of hydrogen-bond donors (Lipinski definition) is 1. The van der Waals surface area contributed by atoms with Crippen LogP contribution in [0.4, 0.5) is 0 Å². The number of hydrogen-bond acceptors (Lipinski definition) is 1. The van der Waals surface area contributed by atoms with Gasteiger partial charge in [-0.25, -0.2) is 0 Å². The molecule has 10 heavy (non-hydrogen) atoms. The van der Waals surface area contributed by atoms with E-state index in [1.807, 2.05) is 0 Å². The molecule has 0 bridgehead atoms. The molecule has 1 heterocycles. The van der Waals surface area contributed by atoms with Crippen molar-refractivity contribution in [3.05, 3.63) is 24.3 Å². The van der Waals surface area contributed by atoms with Crippen LogP contribution >= 0.6 is 0 Å². The molecule has 1 N–H and O–H groups in total. The average molecular weight is 210 g/mol. The second-order valence-electron chi connectivity index (χ2n) is 2.12. The summed E-state index contributed by atoms with van der Waals surface area (Å²) in [6.45, 7) is 7.40. The van der Waals surface area contributed by atoms with Gasteiger partial charge in [0.15, 0.2) is 0 Å². The molecular formula is C8H11NY-2. The van der Waals surface area contributed by atoms with Gasteiger partial charge in [-0.05, 0) is 13.1 Å². The molecule has 1 aliphatic rings. The molecule has 1 nitrogen and oxygen atoms in total. The molecule has 1 radical (unpaired) electrons. The summed E-state index contributed by atoms with van der Waals surface area (Å²) in [5.74, 6) is 0. The molecule has 0 aromatic carbocycles. The van der Waals surface area contributed by atoms with E-state index in [0.29, 0.717) is 0 Å². The van der Waals surface area contributed by atoms with Gasteiger partial charge in [-0.1, -0.05) is 0 Å². The monoisotopic (exact) mass is 210 g/mol. The summed E-state index contributed by atoms with van der Waals surface area (Å²) in [6.07, 6.45) is 6.86. The van der Waals surface area contributed by atoms with Gasteiger partial charge < -0.3 is 29.6 Å². The molecule has 0 saturated carbocycles. The van der Waals surface area contributed by atoms with Crippen LogP contribution in [0.15, 0.2) is 11.6 Å². The second kappa shape index (κ2) is 6.27. The molecule has 0 amide bonds. The van der Waals surface area contributed by atoms with E-state index in [1.54, 1.807) is 6.08 Å². The van der Waals surface area contributed by atoms with Crippen LogP contribution in [0.1, 0.15) is 12.8 Å². The second-order valence-corrected chi connectivity index (χ2v) is 2.12. The van der Waals surface area contributed by atoms with Gasteiger partial charge in [-0.3, -0.25) is 0 Å². The van der Waals surface area contributed by atoms with Gasteiger partial charge in [0.05, 0.1) is 0 Å². The van der Waals surface area contributed by atoms with Crippen molar-refractivity contribution in [3.63, 3.8) is 0 Å². The van der Waals surface area contributed by atoms with Crippen molar-refractivity contribution in [2.45, 2.75) is 12.8 Å². The number of nitrogens with one attached hydrogen (secondary N) is 1. The zero-order valence-corrected chi connectivity index (χ0v) is 8.90. The molecule has 0 aromatic rings. The van der Waals surface area contributed by atoms with E-state index < -0.39 is 0 Å². The first kappa shape index (κ1) is 10.5. The summed E-state index contributed by atoms with van der Waals surface area (Å²) in [5.41, 5.74) is 1.15. The van der Waals surface area contributed by atoms with Crippen molar-refractivity contribution in [1.29, 1.82) is 0 Å². The fraction of sp³-hybridized carbons (Fsp3) is 0.500. The van der Waals surface area contributed by atoms with Crippen LogP contribution < -0.4 is 5.32 Å². The summed E-state index contributed by atoms with van der Waals surface area (Å²) < 4.78 is 0. The summed E-state index contributed by atoms with van der Waals surface area (Å²) in [7, 11) is 0. The van der Waals surface area contributed by atoms with Crippen molar-refractivity contribution in [2.75, 3.05) is 13.1 Å². The predicted molar refractivity (Wildman–Crippen MR) is 37.7 cm³/mol. The van der Waals surface area contributed by atoms with Gasteiger partial charge in [0.25, 0.3) is 0 Å². The van der Waals surface area contributed by atoms with Crippen LogP contribution in [0.5, 0.6) is 0 Å². The molecule has 2 heteroatoms. The third-order valence-electron chi connectivity index (χ3n) is 1.43.